The van der Waals surface area contributed by atoms with Crippen LogP contribution in [-0.4, -0.2) is 11.0 Å². The van der Waals surface area contributed by atoms with Crippen LogP contribution in [-0.2, 0) is 0 Å². The van der Waals surface area contributed by atoms with Crippen molar-refractivity contribution in [2.45, 2.75) is 0 Å². The van der Waals surface area contributed by atoms with Crippen molar-refractivity contribution < 1.29 is 0 Å². The second-order valence-electron chi connectivity index (χ2n) is 0.332. The summed E-state index contributed by atoms with van der Waals surface area (Å²) in [5.41, 5.74) is 0. The summed E-state index contributed by atoms with van der Waals surface area (Å²) in [5, 5.41) is 0. The minimum atomic E-state index is 1.55. The van der Waals surface area contributed by atoms with Gasteiger partial charge in [0.05, 0.1) is 0 Å². The van der Waals surface area contributed by atoms with E-state index in [0.717, 1.165) is 0 Å². The van der Waals surface area contributed by atoms with Crippen molar-refractivity contribution in [3.05, 3.63) is 0 Å². The van der Waals surface area contributed by atoms with Crippen LogP contribution >= 0.6 is 24.0 Å². The number of rotatable bonds is 1. The Morgan fingerprint density at radius 1 is 2.00 bits per heavy atom. The molecule has 0 spiro atoms. The van der Waals surface area contributed by atoms with Gasteiger partial charge in [-0.2, -0.15) is 0 Å². The van der Waals surface area contributed by atoms with E-state index >= 15 is 0 Å². The standard InChI is InChI=1S/C2H4S2/c1-4-2-3/h2H,1H3. The van der Waals surface area contributed by atoms with Gasteiger partial charge >= 0.3 is 0 Å². The van der Waals surface area contributed by atoms with Crippen molar-refractivity contribution in [2.24, 2.45) is 0 Å². The summed E-state index contributed by atoms with van der Waals surface area (Å²) in [6.45, 7) is 0. The molecule has 0 saturated carbocycles. The summed E-state index contributed by atoms with van der Waals surface area (Å²) in [6, 6.07) is 0. The predicted octanol–water partition coefficient (Wildman–Crippen LogP) is 1.31. The van der Waals surface area contributed by atoms with Crippen LogP contribution in [0.2, 0.25) is 0 Å². The largest absolute Gasteiger partial charge is 0.126 e. The summed E-state index contributed by atoms with van der Waals surface area (Å²) < 4.78 is 1.62. The molecule has 0 aliphatic rings. The van der Waals surface area contributed by atoms with Crippen molar-refractivity contribution in [3.8, 4) is 0 Å². The molecule has 0 atom stereocenters. The van der Waals surface area contributed by atoms with Crippen LogP contribution in [0, 0.1) is 0 Å². The SMILES string of the molecule is CSC=S. The van der Waals surface area contributed by atoms with Crippen molar-refractivity contribution in [2.75, 3.05) is 6.26 Å². The minimum absolute atomic E-state index is 1.55. The lowest BCUT2D eigenvalue weighted by Crippen LogP contribution is -1.38. The van der Waals surface area contributed by atoms with Crippen LogP contribution in [0.3, 0.4) is 0 Å². The van der Waals surface area contributed by atoms with Crippen LogP contribution in [0.5, 0.6) is 0 Å². The molecule has 0 heterocycles. The summed E-state index contributed by atoms with van der Waals surface area (Å²) >= 11 is 5.94. The molecule has 0 radical (unpaired) electrons. The van der Waals surface area contributed by atoms with Crippen LogP contribution in [0.4, 0.5) is 0 Å². The number of hydrogen-bond acceptors (Lipinski definition) is 2. The lowest BCUT2D eigenvalue weighted by Gasteiger charge is -1.56. The van der Waals surface area contributed by atoms with Crippen LogP contribution in [0.25, 0.3) is 0 Å². The molecule has 0 nitrogen and oxygen atoms in total. The topological polar surface area (TPSA) is 0 Å². The first-order valence-corrected chi connectivity index (χ1v) is 2.64. The summed E-state index contributed by atoms with van der Waals surface area (Å²) in [7, 11) is 0. The zero-order valence-corrected chi connectivity index (χ0v) is 4.03. The third kappa shape index (κ3) is 2.44. The second-order valence-corrected chi connectivity index (χ2v) is 1.57. The zero-order chi connectivity index (χ0) is 3.41. The second kappa shape index (κ2) is 3.44. The van der Waals surface area contributed by atoms with E-state index in [2.05, 4.69) is 12.2 Å². The average molecular weight is 92.2 g/mol. The molecule has 24 valence electrons. The van der Waals surface area contributed by atoms with Gasteiger partial charge in [0.2, 0.25) is 0 Å². The molecular weight excluding hydrogens is 88.2 g/mol. The van der Waals surface area contributed by atoms with E-state index in [-0.39, 0.29) is 0 Å². The van der Waals surface area contributed by atoms with E-state index in [9.17, 15) is 0 Å². The highest BCUT2D eigenvalue weighted by atomic mass is 32.2. The fourth-order valence-electron chi connectivity index (χ4n) is 0. The molecule has 0 aromatic rings. The maximum Gasteiger partial charge on any atom is 0.0339 e. The van der Waals surface area contributed by atoms with E-state index in [1.54, 1.807) is 16.5 Å². The van der Waals surface area contributed by atoms with E-state index < -0.39 is 0 Å². The van der Waals surface area contributed by atoms with Gasteiger partial charge in [0.15, 0.2) is 0 Å². The Bertz CT molecular complexity index is 18.0. The number of hydrogen-bond donors (Lipinski definition) is 0. The van der Waals surface area contributed by atoms with Gasteiger partial charge in [-0.3, -0.25) is 0 Å². The van der Waals surface area contributed by atoms with Gasteiger partial charge in [-0.15, -0.1) is 11.8 Å². The summed E-state index contributed by atoms with van der Waals surface area (Å²) in [6.07, 6.45) is 1.94. The van der Waals surface area contributed by atoms with Gasteiger partial charge < -0.3 is 0 Å². The molecular formula is C2H4S2. The lowest BCUT2D eigenvalue weighted by atomic mass is 11.9. The fraction of sp³-hybridized carbons (Fsp3) is 0.500. The van der Waals surface area contributed by atoms with Gasteiger partial charge in [-0.25, -0.2) is 0 Å². The van der Waals surface area contributed by atoms with Crippen molar-refractivity contribution in [1.29, 1.82) is 0 Å². The van der Waals surface area contributed by atoms with Crippen LogP contribution in [0.1, 0.15) is 0 Å². The fourth-order valence-corrected chi connectivity index (χ4v) is 0. The molecule has 0 amide bonds. The van der Waals surface area contributed by atoms with E-state index in [1.165, 1.54) is 0 Å². The molecule has 4 heavy (non-hydrogen) atoms. The Morgan fingerprint density at radius 2 is 2.25 bits per heavy atom. The highest BCUT2D eigenvalue weighted by molar-refractivity contribution is 8.20. The molecule has 0 fully saturated rings. The average Bonchev–Trinajstić information content (AvgIpc) is 1.37. The van der Waals surface area contributed by atoms with Crippen molar-refractivity contribution >= 4 is 28.7 Å². The first-order chi connectivity index (χ1) is 1.91. The normalized spacial score (nSPS) is 6.25. The molecule has 0 bridgehead atoms. The molecule has 0 saturated heterocycles. The van der Waals surface area contributed by atoms with Crippen LogP contribution in [0.15, 0.2) is 0 Å². The Kier molecular flexibility index (Phi) is 3.82. The first-order valence-electron chi connectivity index (χ1n) is 0.880. The van der Waals surface area contributed by atoms with E-state index in [4.69, 9.17) is 0 Å². The highest BCUT2D eigenvalue weighted by Crippen LogP contribution is 1.78. The molecule has 0 rings (SSSR count). The summed E-state index contributed by atoms with van der Waals surface area (Å²) in [5.74, 6) is 0. The Balaban J connectivity index is 2.30. The molecule has 0 unspecified atom stereocenters. The number of thiocarbonyl (C=S) groups is 1. The molecule has 0 aliphatic heterocycles. The molecule has 0 aromatic carbocycles. The van der Waals surface area contributed by atoms with Gasteiger partial charge in [-0.1, -0.05) is 12.2 Å². The zero-order valence-electron chi connectivity index (χ0n) is 2.39. The third-order valence-electron chi connectivity index (χ3n) is 0.0962. The van der Waals surface area contributed by atoms with Crippen molar-refractivity contribution in [3.63, 3.8) is 0 Å². The maximum atomic E-state index is 4.39. The van der Waals surface area contributed by atoms with Gasteiger partial charge in [0, 0.05) is 4.70 Å². The van der Waals surface area contributed by atoms with Gasteiger partial charge in [0.1, 0.15) is 0 Å². The quantitative estimate of drug-likeness (QED) is 0.447. The Morgan fingerprint density at radius 3 is 2.25 bits per heavy atom. The van der Waals surface area contributed by atoms with E-state index in [0.29, 0.717) is 0 Å². The van der Waals surface area contributed by atoms with E-state index in [1.807, 2.05) is 6.26 Å². The predicted molar refractivity (Wildman–Crippen MR) is 27.2 cm³/mol. The highest BCUT2D eigenvalue weighted by Gasteiger charge is 1.46. The Hall–Kier alpha value is 0.440. The third-order valence-corrected chi connectivity index (χ3v) is 0.866. The monoisotopic (exact) mass is 92.0 g/mol. The van der Waals surface area contributed by atoms with Crippen LogP contribution < -0.4 is 0 Å². The molecule has 2 heteroatoms. The van der Waals surface area contributed by atoms with Gasteiger partial charge in [0.25, 0.3) is 0 Å². The molecule has 0 aromatic heterocycles. The lowest BCUT2D eigenvalue weighted by molar-refractivity contribution is 2.54. The minimum Gasteiger partial charge on any atom is -0.126 e. The smallest absolute Gasteiger partial charge is 0.0339 e. The number of thioether (sulfide) groups is 1. The summed E-state index contributed by atoms with van der Waals surface area (Å²) in [4.78, 5) is 0. The molecule has 0 aliphatic carbocycles. The first kappa shape index (κ1) is 4.44. The van der Waals surface area contributed by atoms with Gasteiger partial charge in [-0.05, 0) is 6.26 Å². The van der Waals surface area contributed by atoms with Crippen molar-refractivity contribution in [1.82, 2.24) is 0 Å². The Labute approximate surface area is 35.6 Å². The molecule has 0 N–H and O–H groups in total. The maximum absolute atomic E-state index is 4.39.